The number of methoxy groups -OCH3 is 1. The second-order valence-electron chi connectivity index (χ2n) is 5.37. The number of amides is 1. The lowest BCUT2D eigenvalue weighted by molar-refractivity contribution is -0.385. The molecule has 8 nitrogen and oxygen atoms in total. The van der Waals surface area contributed by atoms with Gasteiger partial charge in [-0.05, 0) is 17.7 Å². The number of carbonyl (C=O) groups excluding carboxylic acids is 2. The largest absolute Gasteiger partial charge is 0.465 e. The smallest absolute Gasteiger partial charge is 0.407 e. The Labute approximate surface area is 155 Å². The SMILES string of the molecule is COC(=O)c1ccc(C=CCNC(=O)OCc2ccccc2)c([N+](=O)[O-])c1. The fraction of sp³-hybridized carbons (Fsp3) is 0.158. The maximum Gasteiger partial charge on any atom is 0.407 e. The molecule has 0 saturated carbocycles. The van der Waals surface area contributed by atoms with E-state index < -0.39 is 17.0 Å². The van der Waals surface area contributed by atoms with Crippen LogP contribution in [0, 0.1) is 10.1 Å². The summed E-state index contributed by atoms with van der Waals surface area (Å²) in [5, 5.41) is 13.7. The van der Waals surface area contributed by atoms with E-state index in [0.717, 1.165) is 11.6 Å². The molecule has 0 saturated heterocycles. The van der Waals surface area contributed by atoms with E-state index in [1.807, 2.05) is 30.3 Å². The Hall–Kier alpha value is -3.68. The number of nitrogens with one attached hydrogen (secondary N) is 1. The van der Waals surface area contributed by atoms with Gasteiger partial charge in [-0.1, -0.05) is 42.5 Å². The van der Waals surface area contributed by atoms with Gasteiger partial charge in [-0.25, -0.2) is 9.59 Å². The first-order chi connectivity index (χ1) is 13.0. The van der Waals surface area contributed by atoms with Gasteiger partial charge < -0.3 is 14.8 Å². The summed E-state index contributed by atoms with van der Waals surface area (Å²) in [5.41, 5.74) is 1.02. The van der Waals surface area contributed by atoms with E-state index in [2.05, 4.69) is 10.1 Å². The van der Waals surface area contributed by atoms with Crippen LogP contribution in [0.15, 0.2) is 54.6 Å². The second kappa shape index (κ2) is 9.71. The third-order valence-electron chi connectivity index (χ3n) is 3.52. The highest BCUT2D eigenvalue weighted by Gasteiger charge is 2.16. The molecule has 0 radical (unpaired) electrons. The minimum atomic E-state index is -0.656. The summed E-state index contributed by atoms with van der Waals surface area (Å²) in [4.78, 5) is 33.7. The molecule has 2 aromatic rings. The number of benzene rings is 2. The average molecular weight is 370 g/mol. The molecule has 0 atom stereocenters. The van der Waals surface area contributed by atoms with Gasteiger partial charge in [0.05, 0.1) is 23.2 Å². The minimum Gasteiger partial charge on any atom is -0.465 e. The molecule has 1 N–H and O–H groups in total. The Morgan fingerprint density at radius 2 is 1.93 bits per heavy atom. The number of ether oxygens (including phenoxy) is 2. The maximum absolute atomic E-state index is 11.6. The van der Waals surface area contributed by atoms with Crippen LogP contribution in [-0.2, 0) is 16.1 Å². The van der Waals surface area contributed by atoms with Crippen molar-refractivity contribution in [3.63, 3.8) is 0 Å². The van der Waals surface area contributed by atoms with Gasteiger partial charge in [-0.3, -0.25) is 10.1 Å². The zero-order valence-electron chi connectivity index (χ0n) is 14.6. The standard InChI is InChI=1S/C19H18N2O6/c1-26-18(22)16-10-9-15(17(12-16)21(24)25)8-5-11-20-19(23)27-13-14-6-3-2-4-7-14/h2-10,12H,11,13H2,1H3,(H,20,23). The number of carbonyl (C=O) groups is 2. The summed E-state index contributed by atoms with van der Waals surface area (Å²) >= 11 is 0. The molecule has 2 aromatic carbocycles. The van der Waals surface area contributed by atoms with Crippen LogP contribution in [0.3, 0.4) is 0 Å². The van der Waals surface area contributed by atoms with E-state index in [9.17, 15) is 19.7 Å². The lowest BCUT2D eigenvalue weighted by atomic mass is 10.1. The molecule has 0 unspecified atom stereocenters. The van der Waals surface area contributed by atoms with Crippen LogP contribution >= 0.6 is 0 Å². The van der Waals surface area contributed by atoms with Gasteiger partial charge in [0, 0.05) is 12.6 Å². The van der Waals surface area contributed by atoms with E-state index >= 15 is 0 Å². The first-order valence-corrected chi connectivity index (χ1v) is 7.99. The van der Waals surface area contributed by atoms with Crippen LogP contribution in [0.1, 0.15) is 21.5 Å². The van der Waals surface area contributed by atoms with Crippen molar-refractivity contribution in [3.8, 4) is 0 Å². The Balaban J connectivity index is 1.90. The first-order valence-electron chi connectivity index (χ1n) is 7.99. The third kappa shape index (κ3) is 5.96. The predicted molar refractivity (Wildman–Crippen MR) is 98.1 cm³/mol. The molecule has 27 heavy (non-hydrogen) atoms. The Kier molecular flexibility index (Phi) is 7.07. The summed E-state index contributed by atoms with van der Waals surface area (Å²) in [5.74, 6) is -0.656. The van der Waals surface area contributed by atoms with Crippen LogP contribution in [0.5, 0.6) is 0 Å². The van der Waals surface area contributed by atoms with E-state index in [-0.39, 0.29) is 24.4 Å². The number of rotatable bonds is 7. The van der Waals surface area contributed by atoms with Crippen molar-refractivity contribution in [2.45, 2.75) is 6.61 Å². The van der Waals surface area contributed by atoms with Crippen molar-refractivity contribution in [2.75, 3.05) is 13.7 Å². The molecular weight excluding hydrogens is 352 g/mol. The van der Waals surface area contributed by atoms with Crippen LogP contribution < -0.4 is 5.32 Å². The zero-order valence-corrected chi connectivity index (χ0v) is 14.6. The highest BCUT2D eigenvalue weighted by atomic mass is 16.6. The van der Waals surface area contributed by atoms with E-state index in [1.165, 1.54) is 25.3 Å². The van der Waals surface area contributed by atoms with Crippen molar-refractivity contribution < 1.29 is 24.0 Å². The number of nitro groups is 1. The molecule has 0 bridgehead atoms. The molecule has 0 spiro atoms. The average Bonchev–Trinajstić information content (AvgIpc) is 2.69. The van der Waals surface area contributed by atoms with Gasteiger partial charge in [0.1, 0.15) is 6.61 Å². The summed E-state index contributed by atoms with van der Waals surface area (Å²) in [6.07, 6.45) is 2.43. The number of nitrogens with zero attached hydrogens (tertiary/aromatic N) is 1. The Bertz CT molecular complexity index is 849. The molecule has 1 amide bonds. The predicted octanol–water partition coefficient (Wildman–Crippen LogP) is 3.32. The Morgan fingerprint density at radius 1 is 1.19 bits per heavy atom. The van der Waals surface area contributed by atoms with Crippen LogP contribution in [-0.4, -0.2) is 30.6 Å². The van der Waals surface area contributed by atoms with E-state index in [1.54, 1.807) is 6.08 Å². The molecule has 0 aliphatic carbocycles. The summed E-state index contributed by atoms with van der Waals surface area (Å²) < 4.78 is 9.60. The maximum atomic E-state index is 11.6. The number of esters is 1. The van der Waals surface area contributed by atoms with Crippen molar-refractivity contribution in [1.29, 1.82) is 0 Å². The minimum absolute atomic E-state index is 0.0870. The molecule has 140 valence electrons. The topological polar surface area (TPSA) is 108 Å². The van der Waals surface area contributed by atoms with Gasteiger partial charge in [0.2, 0.25) is 0 Å². The monoisotopic (exact) mass is 370 g/mol. The molecular formula is C19H18N2O6. The molecule has 0 aliphatic rings. The van der Waals surface area contributed by atoms with Crippen LogP contribution in [0.4, 0.5) is 10.5 Å². The zero-order chi connectivity index (χ0) is 19.6. The number of alkyl carbamates (subject to hydrolysis) is 1. The molecule has 2 rings (SSSR count). The van der Waals surface area contributed by atoms with Crippen molar-refractivity contribution in [3.05, 3.63) is 81.4 Å². The highest BCUT2D eigenvalue weighted by Crippen LogP contribution is 2.22. The first kappa shape index (κ1) is 19.6. The van der Waals surface area contributed by atoms with Gasteiger partial charge in [-0.15, -0.1) is 0 Å². The highest BCUT2D eigenvalue weighted by molar-refractivity contribution is 5.90. The van der Waals surface area contributed by atoms with Crippen LogP contribution in [0.25, 0.3) is 6.08 Å². The fourth-order valence-corrected chi connectivity index (χ4v) is 2.19. The van der Waals surface area contributed by atoms with Crippen molar-refractivity contribution in [1.82, 2.24) is 5.32 Å². The summed E-state index contributed by atoms with van der Waals surface area (Å²) in [6, 6.07) is 13.2. The van der Waals surface area contributed by atoms with Gasteiger partial charge in [-0.2, -0.15) is 0 Å². The third-order valence-corrected chi connectivity index (χ3v) is 3.52. The van der Waals surface area contributed by atoms with Gasteiger partial charge in [0.15, 0.2) is 0 Å². The molecule has 8 heteroatoms. The molecule has 0 fully saturated rings. The lowest BCUT2D eigenvalue weighted by Crippen LogP contribution is -2.24. The van der Waals surface area contributed by atoms with E-state index in [0.29, 0.717) is 5.56 Å². The summed E-state index contributed by atoms with van der Waals surface area (Å²) in [6.45, 7) is 0.278. The lowest BCUT2D eigenvalue weighted by Gasteiger charge is -2.05. The number of hydrogen-bond donors (Lipinski definition) is 1. The second-order valence-corrected chi connectivity index (χ2v) is 5.37. The molecule has 0 aromatic heterocycles. The van der Waals surface area contributed by atoms with Gasteiger partial charge in [0.25, 0.3) is 5.69 Å². The Morgan fingerprint density at radius 3 is 2.59 bits per heavy atom. The summed E-state index contributed by atoms with van der Waals surface area (Å²) in [7, 11) is 1.20. The molecule has 0 aliphatic heterocycles. The number of nitro benzene ring substituents is 1. The normalized spacial score (nSPS) is 10.4. The van der Waals surface area contributed by atoms with Crippen molar-refractivity contribution >= 4 is 23.8 Å². The van der Waals surface area contributed by atoms with E-state index in [4.69, 9.17) is 4.74 Å². The van der Waals surface area contributed by atoms with Crippen LogP contribution in [0.2, 0.25) is 0 Å². The number of hydrogen-bond acceptors (Lipinski definition) is 6. The fourth-order valence-electron chi connectivity index (χ4n) is 2.19. The molecule has 0 heterocycles. The quantitative estimate of drug-likeness (QED) is 0.455. The van der Waals surface area contributed by atoms with Gasteiger partial charge >= 0.3 is 12.1 Å². The van der Waals surface area contributed by atoms with Crippen molar-refractivity contribution in [2.24, 2.45) is 0 Å².